The van der Waals surface area contributed by atoms with Crippen molar-refractivity contribution in [2.75, 3.05) is 26.4 Å². The number of nitrogens with one attached hydrogen (secondary N) is 1. The summed E-state index contributed by atoms with van der Waals surface area (Å²) in [7, 11) is 3.97. The van der Waals surface area contributed by atoms with Gasteiger partial charge in [0.05, 0.1) is 5.69 Å². The van der Waals surface area contributed by atoms with Crippen molar-refractivity contribution in [1.82, 2.24) is 15.2 Å². The van der Waals surface area contributed by atoms with E-state index < -0.39 is 0 Å². The first-order chi connectivity index (χ1) is 9.81. The molecule has 0 aliphatic heterocycles. The van der Waals surface area contributed by atoms with Gasteiger partial charge in [0, 0.05) is 23.7 Å². The van der Waals surface area contributed by atoms with Crippen LogP contribution in [-0.2, 0) is 0 Å². The van der Waals surface area contributed by atoms with Crippen LogP contribution in [0.3, 0.4) is 0 Å². The molecule has 0 spiro atoms. The number of hydrogen-bond acceptors (Lipinski definition) is 5. The van der Waals surface area contributed by atoms with Gasteiger partial charge in [0.15, 0.2) is 0 Å². The first-order valence-electron chi connectivity index (χ1n) is 6.92. The van der Waals surface area contributed by atoms with Crippen LogP contribution in [0.15, 0.2) is 6.07 Å². The molecule has 2 heterocycles. The van der Waals surface area contributed by atoms with Crippen molar-refractivity contribution < 1.29 is 4.79 Å². The average Bonchev–Trinajstić information content (AvgIpc) is 2.72. The molecule has 2 rings (SSSR count). The van der Waals surface area contributed by atoms with Crippen LogP contribution in [0, 0.1) is 13.8 Å². The second kappa shape index (κ2) is 5.99. The molecular weight excluding hydrogens is 284 g/mol. The van der Waals surface area contributed by atoms with Crippen LogP contribution in [-0.4, -0.2) is 42.5 Å². The van der Waals surface area contributed by atoms with E-state index in [0.717, 1.165) is 21.5 Å². The molecule has 0 aliphatic carbocycles. The van der Waals surface area contributed by atoms with Crippen LogP contribution >= 0.6 is 11.3 Å². The summed E-state index contributed by atoms with van der Waals surface area (Å²) in [5.74, 6) is -0.124. The number of likely N-dealkylation sites (N-methyl/N-ethyl adjacent to an activating group) is 1. The zero-order valence-corrected chi connectivity index (χ0v) is 14.0. The molecule has 5 nitrogen and oxygen atoms in total. The lowest BCUT2D eigenvalue weighted by Crippen LogP contribution is -2.38. The van der Waals surface area contributed by atoms with Crippen LogP contribution in [0.4, 0.5) is 5.69 Å². The highest BCUT2D eigenvalue weighted by Gasteiger charge is 2.19. The molecule has 0 aliphatic rings. The summed E-state index contributed by atoms with van der Waals surface area (Å²) >= 11 is 1.36. The van der Waals surface area contributed by atoms with E-state index in [2.05, 4.69) is 22.1 Å². The molecule has 0 radical (unpaired) electrons. The van der Waals surface area contributed by atoms with Gasteiger partial charge in [0.2, 0.25) is 0 Å². The third-order valence-electron chi connectivity index (χ3n) is 3.67. The highest BCUT2D eigenvalue weighted by atomic mass is 32.1. The second-order valence-electron chi connectivity index (χ2n) is 5.63. The smallest absolute Gasteiger partial charge is 0.263 e. The summed E-state index contributed by atoms with van der Waals surface area (Å²) in [6.07, 6.45) is 0. The van der Waals surface area contributed by atoms with Gasteiger partial charge in [-0.2, -0.15) is 0 Å². The first-order valence-corrected chi connectivity index (χ1v) is 7.73. The number of aryl methyl sites for hydroxylation is 2. The van der Waals surface area contributed by atoms with Crippen LogP contribution < -0.4 is 11.1 Å². The fraction of sp³-hybridized carbons (Fsp3) is 0.467. The minimum Gasteiger partial charge on any atom is -0.397 e. The van der Waals surface area contributed by atoms with Crippen molar-refractivity contribution >= 4 is 33.1 Å². The van der Waals surface area contributed by atoms with Gasteiger partial charge in [0.1, 0.15) is 9.71 Å². The molecule has 0 fully saturated rings. The molecule has 1 amide bonds. The number of thiophene rings is 1. The summed E-state index contributed by atoms with van der Waals surface area (Å²) < 4.78 is 0. The lowest BCUT2D eigenvalue weighted by atomic mass is 10.1. The lowest BCUT2D eigenvalue weighted by Gasteiger charge is -2.19. The molecule has 1 atom stereocenters. The van der Waals surface area contributed by atoms with Crippen LogP contribution in [0.25, 0.3) is 10.2 Å². The molecule has 114 valence electrons. The van der Waals surface area contributed by atoms with Gasteiger partial charge in [-0.1, -0.05) is 0 Å². The van der Waals surface area contributed by atoms with Gasteiger partial charge in [-0.3, -0.25) is 4.79 Å². The predicted molar refractivity (Wildman–Crippen MR) is 89.0 cm³/mol. The number of carbonyl (C=O) groups excluding carboxylic acids is 1. The van der Waals surface area contributed by atoms with Crippen LogP contribution in [0.5, 0.6) is 0 Å². The van der Waals surface area contributed by atoms with Crippen molar-refractivity contribution in [3.63, 3.8) is 0 Å². The molecule has 1 unspecified atom stereocenters. The molecule has 0 aromatic carbocycles. The number of anilines is 1. The minimum atomic E-state index is -0.124. The Morgan fingerprint density at radius 3 is 2.76 bits per heavy atom. The third kappa shape index (κ3) is 3.16. The van der Waals surface area contributed by atoms with Gasteiger partial charge in [-0.15, -0.1) is 11.3 Å². The number of nitrogens with zero attached hydrogens (tertiary/aromatic N) is 2. The fourth-order valence-corrected chi connectivity index (χ4v) is 3.27. The van der Waals surface area contributed by atoms with Crippen LogP contribution in [0.1, 0.15) is 27.9 Å². The zero-order valence-electron chi connectivity index (χ0n) is 13.2. The first kappa shape index (κ1) is 15.7. The summed E-state index contributed by atoms with van der Waals surface area (Å²) in [5.41, 5.74) is 8.69. The highest BCUT2D eigenvalue weighted by molar-refractivity contribution is 7.21. The van der Waals surface area contributed by atoms with Gasteiger partial charge in [-0.05, 0) is 46.5 Å². The Balaban J connectivity index is 2.28. The van der Waals surface area contributed by atoms with E-state index in [4.69, 9.17) is 5.73 Å². The van der Waals surface area contributed by atoms with E-state index in [-0.39, 0.29) is 11.9 Å². The highest BCUT2D eigenvalue weighted by Crippen LogP contribution is 2.34. The van der Waals surface area contributed by atoms with Crippen molar-refractivity contribution in [1.29, 1.82) is 0 Å². The number of carbonyl (C=O) groups is 1. The van der Waals surface area contributed by atoms with Crippen molar-refractivity contribution in [3.05, 3.63) is 22.2 Å². The number of nitrogens with two attached hydrogens (primary N) is 1. The number of nitrogen functional groups attached to an aromatic ring is 1. The number of fused-ring (bicyclic) bond motifs is 1. The zero-order chi connectivity index (χ0) is 15.7. The van der Waals surface area contributed by atoms with E-state index >= 15 is 0 Å². The Labute approximate surface area is 129 Å². The van der Waals surface area contributed by atoms with E-state index in [9.17, 15) is 4.79 Å². The maximum atomic E-state index is 12.3. The van der Waals surface area contributed by atoms with Gasteiger partial charge in [0.25, 0.3) is 5.91 Å². The Morgan fingerprint density at radius 2 is 2.14 bits per heavy atom. The topological polar surface area (TPSA) is 71.2 Å². The lowest BCUT2D eigenvalue weighted by molar-refractivity contribution is 0.0948. The molecule has 2 aromatic heterocycles. The molecule has 3 N–H and O–H groups in total. The maximum absolute atomic E-state index is 12.3. The van der Waals surface area contributed by atoms with Gasteiger partial charge < -0.3 is 16.0 Å². The molecule has 0 saturated heterocycles. The van der Waals surface area contributed by atoms with Crippen molar-refractivity contribution in [2.24, 2.45) is 0 Å². The largest absolute Gasteiger partial charge is 0.397 e. The molecule has 2 aromatic rings. The number of rotatable bonds is 4. The van der Waals surface area contributed by atoms with E-state index in [0.29, 0.717) is 17.1 Å². The monoisotopic (exact) mass is 306 g/mol. The number of hydrogen-bond donors (Lipinski definition) is 2. The number of amides is 1. The van der Waals surface area contributed by atoms with Crippen LogP contribution in [0.2, 0.25) is 0 Å². The summed E-state index contributed by atoms with van der Waals surface area (Å²) in [5, 5.41) is 3.84. The predicted octanol–water partition coefficient (Wildman–Crippen LogP) is 2.18. The van der Waals surface area contributed by atoms with E-state index in [1.54, 1.807) is 0 Å². The van der Waals surface area contributed by atoms with Crippen molar-refractivity contribution in [2.45, 2.75) is 26.8 Å². The molecule has 0 saturated carbocycles. The Hall–Kier alpha value is -1.66. The third-order valence-corrected chi connectivity index (χ3v) is 4.77. The van der Waals surface area contributed by atoms with Gasteiger partial charge >= 0.3 is 0 Å². The van der Waals surface area contributed by atoms with E-state index in [1.165, 1.54) is 11.3 Å². The maximum Gasteiger partial charge on any atom is 0.263 e. The number of pyridine rings is 1. The van der Waals surface area contributed by atoms with E-state index in [1.807, 2.05) is 34.0 Å². The standard InChI is InChI=1S/C15H22N4OS/c1-8-6-9(2)18-15-11(8)12(16)13(21-15)14(20)17-7-10(3)19(4)5/h6,10H,7,16H2,1-5H3,(H,17,20). The summed E-state index contributed by atoms with van der Waals surface area (Å²) in [4.78, 5) is 20.2. The van der Waals surface area contributed by atoms with Crippen molar-refractivity contribution in [3.8, 4) is 0 Å². The molecule has 0 bridgehead atoms. The fourth-order valence-electron chi connectivity index (χ4n) is 2.14. The molecule has 21 heavy (non-hydrogen) atoms. The van der Waals surface area contributed by atoms with Gasteiger partial charge in [-0.25, -0.2) is 4.98 Å². The average molecular weight is 306 g/mol. The Kier molecular flexibility index (Phi) is 4.49. The molecular formula is C15H22N4OS. The quantitative estimate of drug-likeness (QED) is 0.908. The summed E-state index contributed by atoms with van der Waals surface area (Å²) in [6, 6.07) is 2.26. The summed E-state index contributed by atoms with van der Waals surface area (Å²) in [6.45, 7) is 6.59. The minimum absolute atomic E-state index is 0.124. The SMILES string of the molecule is Cc1cc(C)c2c(N)c(C(=O)NCC(C)N(C)C)sc2n1. The Morgan fingerprint density at radius 1 is 1.48 bits per heavy atom. The molecule has 6 heteroatoms. The number of aromatic nitrogens is 1. The second-order valence-corrected chi connectivity index (χ2v) is 6.63. The Bertz CT molecular complexity index is 678. The normalized spacial score (nSPS) is 12.9.